The summed E-state index contributed by atoms with van der Waals surface area (Å²) in [6, 6.07) is 16.4. The van der Waals surface area contributed by atoms with Gasteiger partial charge in [-0.25, -0.2) is 8.42 Å². The van der Waals surface area contributed by atoms with Crippen molar-refractivity contribution in [1.29, 1.82) is 0 Å². The topological polar surface area (TPSA) is 186 Å². The van der Waals surface area contributed by atoms with Gasteiger partial charge in [0.25, 0.3) is 17.5 Å². The van der Waals surface area contributed by atoms with Crippen molar-refractivity contribution in [2.24, 2.45) is 0 Å². The number of non-ortho nitro benzene ring substituents is 1. The lowest BCUT2D eigenvalue weighted by atomic mass is 10.0. The third-order valence-electron chi connectivity index (χ3n) is 6.98. The molecule has 1 aliphatic rings. The molecule has 1 aliphatic heterocycles. The van der Waals surface area contributed by atoms with Crippen LogP contribution in [0.15, 0.2) is 72.8 Å². The van der Waals surface area contributed by atoms with Crippen LogP contribution < -0.4 is 14.8 Å². The van der Waals surface area contributed by atoms with Gasteiger partial charge < -0.3 is 24.8 Å². The molecule has 0 saturated carbocycles. The van der Waals surface area contributed by atoms with E-state index in [2.05, 4.69) is 5.32 Å². The maximum absolute atomic E-state index is 13.9. The van der Waals surface area contributed by atoms with E-state index in [0.29, 0.717) is 11.3 Å². The van der Waals surface area contributed by atoms with Crippen LogP contribution in [0.25, 0.3) is 0 Å². The molecule has 0 bridgehead atoms. The number of carbonyl (C=O) groups excluding carboxylic acids is 2. The first-order valence-electron chi connectivity index (χ1n) is 13.3. The third kappa shape index (κ3) is 7.12. The van der Waals surface area contributed by atoms with Gasteiger partial charge in [0.2, 0.25) is 10.0 Å². The molecule has 15 heteroatoms. The fourth-order valence-electron chi connectivity index (χ4n) is 4.91. The molecule has 44 heavy (non-hydrogen) atoms. The number of nitro groups is 1. The van der Waals surface area contributed by atoms with Crippen LogP contribution in [0, 0.1) is 10.1 Å². The van der Waals surface area contributed by atoms with Gasteiger partial charge in [-0.05, 0) is 29.3 Å². The summed E-state index contributed by atoms with van der Waals surface area (Å²) < 4.78 is 38.7. The highest BCUT2D eigenvalue weighted by atomic mass is 32.2. The molecule has 4 rings (SSSR count). The van der Waals surface area contributed by atoms with E-state index < -0.39 is 57.1 Å². The number of nitrogens with one attached hydrogen (secondary N) is 1. The van der Waals surface area contributed by atoms with E-state index in [9.17, 15) is 38.0 Å². The lowest BCUT2D eigenvalue weighted by Crippen LogP contribution is -2.54. The van der Waals surface area contributed by atoms with Gasteiger partial charge in [0.15, 0.2) is 17.7 Å². The number of aliphatic carboxylic acids is 1. The first kappa shape index (κ1) is 31.9. The Bertz CT molecular complexity index is 1670. The smallest absolute Gasteiger partial charge is 0.305 e. The van der Waals surface area contributed by atoms with Crippen LogP contribution in [0.2, 0.25) is 0 Å². The molecular weight excluding hydrogens is 596 g/mol. The number of carbonyl (C=O) groups is 3. The Balaban J connectivity index is 1.73. The largest absolute Gasteiger partial charge is 0.493 e. The summed E-state index contributed by atoms with van der Waals surface area (Å²) >= 11 is 0. The molecule has 14 nitrogen and oxygen atoms in total. The van der Waals surface area contributed by atoms with E-state index in [-0.39, 0.29) is 35.7 Å². The number of ether oxygens (including phenoxy) is 2. The van der Waals surface area contributed by atoms with Crippen LogP contribution in [0.3, 0.4) is 0 Å². The average Bonchev–Trinajstić information content (AvgIpc) is 3.47. The molecule has 1 fully saturated rings. The molecule has 0 spiro atoms. The maximum atomic E-state index is 13.9. The normalized spacial score (nSPS) is 15.8. The van der Waals surface area contributed by atoms with E-state index in [0.717, 1.165) is 15.3 Å². The van der Waals surface area contributed by atoms with Crippen molar-refractivity contribution in [1.82, 2.24) is 14.5 Å². The van der Waals surface area contributed by atoms with E-state index >= 15 is 0 Å². The molecule has 2 amide bonds. The Kier molecular flexibility index (Phi) is 9.80. The van der Waals surface area contributed by atoms with Gasteiger partial charge in [0.1, 0.15) is 0 Å². The van der Waals surface area contributed by atoms with Crippen molar-refractivity contribution >= 4 is 33.5 Å². The van der Waals surface area contributed by atoms with Gasteiger partial charge in [0, 0.05) is 30.8 Å². The molecule has 2 N–H and O–H groups in total. The SMILES string of the molecule is COc1ccc(C(=O)N2CCN(S(=O)(=O)Cc3ccccc3)C2C(=O)NC(CC(=O)O)c2cccc([N+](=O)[O-])c2)cc1OC. The number of rotatable bonds is 12. The molecule has 0 aliphatic carbocycles. The van der Waals surface area contributed by atoms with Crippen LogP contribution in [0.4, 0.5) is 5.69 Å². The lowest BCUT2D eigenvalue weighted by Gasteiger charge is -2.30. The fraction of sp³-hybridized carbons (Fsp3) is 0.276. The minimum absolute atomic E-state index is 0.0866. The van der Waals surface area contributed by atoms with Gasteiger partial charge in [-0.2, -0.15) is 4.31 Å². The van der Waals surface area contributed by atoms with Gasteiger partial charge in [-0.1, -0.05) is 42.5 Å². The van der Waals surface area contributed by atoms with Gasteiger partial charge in [-0.3, -0.25) is 24.5 Å². The molecule has 0 aromatic heterocycles. The number of carboxylic acids is 1. The van der Waals surface area contributed by atoms with Gasteiger partial charge in [-0.15, -0.1) is 0 Å². The monoisotopic (exact) mass is 626 g/mol. The first-order chi connectivity index (χ1) is 20.9. The van der Waals surface area contributed by atoms with Gasteiger partial charge in [0.05, 0.1) is 37.4 Å². The van der Waals surface area contributed by atoms with Crippen LogP contribution in [0.5, 0.6) is 11.5 Å². The molecule has 1 saturated heterocycles. The number of amides is 2. The quantitative estimate of drug-likeness (QED) is 0.224. The lowest BCUT2D eigenvalue weighted by molar-refractivity contribution is -0.384. The highest BCUT2D eigenvalue weighted by Crippen LogP contribution is 2.31. The fourth-order valence-corrected chi connectivity index (χ4v) is 6.57. The third-order valence-corrected chi connectivity index (χ3v) is 8.78. The summed E-state index contributed by atoms with van der Waals surface area (Å²) in [7, 11) is -1.39. The van der Waals surface area contributed by atoms with E-state index in [1.165, 1.54) is 50.6 Å². The maximum Gasteiger partial charge on any atom is 0.305 e. The summed E-state index contributed by atoms with van der Waals surface area (Å²) in [5, 5.41) is 23.4. The van der Waals surface area contributed by atoms with Crippen LogP contribution in [-0.2, 0) is 25.4 Å². The molecule has 2 unspecified atom stereocenters. The van der Waals surface area contributed by atoms with Crippen molar-refractivity contribution in [3.05, 3.63) is 99.6 Å². The average molecular weight is 627 g/mol. The predicted octanol–water partition coefficient (Wildman–Crippen LogP) is 2.56. The number of sulfonamides is 1. The second kappa shape index (κ2) is 13.5. The summed E-state index contributed by atoms with van der Waals surface area (Å²) in [5.74, 6) is -2.86. The Hall–Kier alpha value is -5.02. The second-order valence-corrected chi connectivity index (χ2v) is 11.7. The molecule has 0 radical (unpaired) electrons. The Labute approximate surface area is 253 Å². The zero-order chi connectivity index (χ0) is 32.0. The zero-order valence-corrected chi connectivity index (χ0v) is 24.6. The second-order valence-electron chi connectivity index (χ2n) is 9.81. The first-order valence-corrected chi connectivity index (χ1v) is 14.9. The number of nitro benzene ring substituents is 1. The minimum atomic E-state index is -4.19. The predicted molar refractivity (Wildman–Crippen MR) is 156 cm³/mol. The minimum Gasteiger partial charge on any atom is -0.493 e. The molecule has 232 valence electrons. The zero-order valence-electron chi connectivity index (χ0n) is 23.8. The summed E-state index contributed by atoms with van der Waals surface area (Å²) in [5.41, 5.74) is 0.329. The highest BCUT2D eigenvalue weighted by Gasteiger charge is 2.46. The molecule has 2 atom stereocenters. The number of hydrogen-bond donors (Lipinski definition) is 2. The van der Waals surface area contributed by atoms with E-state index in [4.69, 9.17) is 9.47 Å². The van der Waals surface area contributed by atoms with Crippen molar-refractivity contribution in [2.75, 3.05) is 27.3 Å². The Morgan fingerprint density at radius 3 is 2.34 bits per heavy atom. The summed E-state index contributed by atoms with van der Waals surface area (Å²) in [6.07, 6.45) is -2.36. The van der Waals surface area contributed by atoms with Gasteiger partial charge >= 0.3 is 5.97 Å². The van der Waals surface area contributed by atoms with Crippen molar-refractivity contribution in [2.45, 2.75) is 24.4 Å². The standard InChI is InChI=1S/C29H30N4O10S/c1-42-24-12-11-21(16-25(24)43-2)29(37)31-13-14-32(44(40,41)18-19-7-4-3-5-8-19)28(31)27(36)30-23(17-26(34)35)20-9-6-10-22(15-20)33(38)39/h3-12,15-16,23,28H,13-14,17-18H2,1-2H3,(H,30,36)(H,34,35). The van der Waals surface area contributed by atoms with Crippen molar-refractivity contribution in [3.8, 4) is 11.5 Å². The van der Waals surface area contributed by atoms with E-state index in [1.807, 2.05) is 0 Å². The van der Waals surface area contributed by atoms with Crippen LogP contribution >= 0.6 is 0 Å². The number of nitrogens with zero attached hydrogens (tertiary/aromatic N) is 3. The number of benzene rings is 3. The number of methoxy groups -OCH3 is 2. The Morgan fingerprint density at radius 2 is 1.70 bits per heavy atom. The summed E-state index contributed by atoms with van der Waals surface area (Å²) in [6.45, 7) is -0.369. The Morgan fingerprint density at radius 1 is 1.00 bits per heavy atom. The van der Waals surface area contributed by atoms with Crippen LogP contribution in [-0.4, -0.2) is 78.9 Å². The number of carboxylic acid groups (broad SMARTS) is 1. The molecular formula is C29H30N4O10S. The highest BCUT2D eigenvalue weighted by molar-refractivity contribution is 7.88. The molecule has 1 heterocycles. The molecule has 3 aromatic carbocycles. The summed E-state index contributed by atoms with van der Waals surface area (Å²) in [4.78, 5) is 51.2. The molecule has 3 aromatic rings. The van der Waals surface area contributed by atoms with Crippen molar-refractivity contribution < 1.29 is 42.3 Å². The van der Waals surface area contributed by atoms with E-state index in [1.54, 1.807) is 30.3 Å². The van der Waals surface area contributed by atoms with Crippen LogP contribution in [0.1, 0.15) is 33.9 Å². The number of hydrogen-bond acceptors (Lipinski definition) is 9. The van der Waals surface area contributed by atoms with Crippen molar-refractivity contribution in [3.63, 3.8) is 0 Å².